The number of hydrogen-bond acceptors (Lipinski definition) is 3. The summed E-state index contributed by atoms with van der Waals surface area (Å²) in [5, 5.41) is 13.9. The van der Waals surface area contributed by atoms with Gasteiger partial charge in [-0.3, -0.25) is 10.1 Å². The minimum Gasteiger partial charge on any atom is -0.382 e. The van der Waals surface area contributed by atoms with Crippen LogP contribution in [-0.2, 0) is 0 Å². The highest BCUT2D eigenvalue weighted by Crippen LogP contribution is 2.35. The molecular weight excluding hydrogens is 235 g/mol. The van der Waals surface area contributed by atoms with Gasteiger partial charge in [0, 0.05) is 17.8 Å². The minimum atomic E-state index is -0.576. The standard InChI is InChI=1S/C13H17FN2O2/c1-2-11(5-9-3-4-9)15-12-6-10(14)7-13(8-12)16(17)18/h6-9,11,15H,2-5H2,1H3. The summed E-state index contributed by atoms with van der Waals surface area (Å²) in [6.07, 6.45) is 4.52. The maximum Gasteiger partial charge on any atom is 0.274 e. The Morgan fingerprint density at radius 3 is 2.78 bits per heavy atom. The van der Waals surface area contributed by atoms with E-state index in [2.05, 4.69) is 12.2 Å². The molecule has 1 fully saturated rings. The Bertz CT molecular complexity index is 447. The second-order valence-corrected chi connectivity index (χ2v) is 4.88. The van der Waals surface area contributed by atoms with Crippen LogP contribution in [0.1, 0.15) is 32.6 Å². The molecule has 5 heteroatoms. The van der Waals surface area contributed by atoms with Crippen molar-refractivity contribution in [1.82, 2.24) is 0 Å². The molecule has 1 aliphatic rings. The maximum atomic E-state index is 13.3. The number of nitro benzene ring substituents is 1. The van der Waals surface area contributed by atoms with Crippen LogP contribution >= 0.6 is 0 Å². The Morgan fingerprint density at radius 2 is 2.22 bits per heavy atom. The van der Waals surface area contributed by atoms with E-state index in [0.717, 1.165) is 24.8 Å². The van der Waals surface area contributed by atoms with E-state index in [-0.39, 0.29) is 11.7 Å². The first kappa shape index (κ1) is 12.8. The van der Waals surface area contributed by atoms with E-state index in [4.69, 9.17) is 0 Å². The molecule has 18 heavy (non-hydrogen) atoms. The lowest BCUT2D eigenvalue weighted by molar-refractivity contribution is -0.385. The van der Waals surface area contributed by atoms with Gasteiger partial charge in [0.2, 0.25) is 0 Å². The molecule has 0 bridgehead atoms. The Hall–Kier alpha value is -1.65. The third kappa shape index (κ3) is 3.42. The average molecular weight is 252 g/mol. The largest absolute Gasteiger partial charge is 0.382 e. The minimum absolute atomic E-state index is 0.209. The van der Waals surface area contributed by atoms with E-state index in [9.17, 15) is 14.5 Å². The van der Waals surface area contributed by atoms with E-state index in [1.807, 2.05) is 0 Å². The highest BCUT2D eigenvalue weighted by Gasteiger charge is 2.25. The Kier molecular flexibility index (Phi) is 3.79. The lowest BCUT2D eigenvalue weighted by Crippen LogP contribution is -2.19. The number of hydrogen-bond donors (Lipinski definition) is 1. The van der Waals surface area contributed by atoms with Crippen LogP contribution in [0.15, 0.2) is 18.2 Å². The molecule has 98 valence electrons. The summed E-state index contributed by atoms with van der Waals surface area (Å²) >= 11 is 0. The lowest BCUT2D eigenvalue weighted by atomic mass is 10.1. The number of nitro groups is 1. The van der Waals surface area contributed by atoms with Crippen LogP contribution in [0, 0.1) is 21.8 Å². The summed E-state index contributed by atoms with van der Waals surface area (Å²) in [4.78, 5) is 10.1. The summed E-state index contributed by atoms with van der Waals surface area (Å²) in [6, 6.07) is 3.90. The lowest BCUT2D eigenvalue weighted by Gasteiger charge is -2.17. The second-order valence-electron chi connectivity index (χ2n) is 4.88. The first-order valence-corrected chi connectivity index (χ1v) is 6.30. The van der Waals surface area contributed by atoms with E-state index in [0.29, 0.717) is 5.69 Å². The Labute approximate surface area is 105 Å². The van der Waals surface area contributed by atoms with Crippen LogP contribution in [0.4, 0.5) is 15.8 Å². The number of halogens is 1. The van der Waals surface area contributed by atoms with Crippen LogP contribution in [0.25, 0.3) is 0 Å². The van der Waals surface area contributed by atoms with Crippen LogP contribution in [-0.4, -0.2) is 11.0 Å². The van der Waals surface area contributed by atoms with Gasteiger partial charge in [-0.05, 0) is 24.8 Å². The van der Waals surface area contributed by atoms with E-state index >= 15 is 0 Å². The molecule has 1 aliphatic carbocycles. The molecule has 0 heterocycles. The summed E-state index contributed by atoms with van der Waals surface area (Å²) in [7, 11) is 0. The van der Waals surface area contributed by atoms with Crippen molar-refractivity contribution >= 4 is 11.4 Å². The third-order valence-corrected chi connectivity index (χ3v) is 3.27. The highest BCUT2D eigenvalue weighted by molar-refractivity contribution is 5.52. The first-order chi connectivity index (χ1) is 8.58. The summed E-state index contributed by atoms with van der Waals surface area (Å²) in [5.41, 5.74) is 0.285. The predicted octanol–water partition coefficient (Wildman–Crippen LogP) is 3.72. The molecule has 1 aromatic rings. The Morgan fingerprint density at radius 1 is 1.50 bits per heavy atom. The normalized spacial score (nSPS) is 16.3. The molecule has 1 atom stereocenters. The topological polar surface area (TPSA) is 55.2 Å². The second kappa shape index (κ2) is 5.33. The number of anilines is 1. The quantitative estimate of drug-likeness (QED) is 0.620. The summed E-state index contributed by atoms with van der Waals surface area (Å²) in [6.45, 7) is 2.06. The van der Waals surface area contributed by atoms with Crippen molar-refractivity contribution in [3.63, 3.8) is 0 Å². The zero-order valence-corrected chi connectivity index (χ0v) is 10.4. The van der Waals surface area contributed by atoms with Gasteiger partial charge in [0.15, 0.2) is 0 Å². The molecular formula is C13H17FN2O2. The zero-order valence-electron chi connectivity index (χ0n) is 10.4. The zero-order chi connectivity index (χ0) is 13.1. The van der Waals surface area contributed by atoms with Crippen molar-refractivity contribution < 1.29 is 9.31 Å². The highest BCUT2D eigenvalue weighted by atomic mass is 19.1. The van der Waals surface area contributed by atoms with Crippen molar-refractivity contribution in [2.24, 2.45) is 5.92 Å². The van der Waals surface area contributed by atoms with Crippen molar-refractivity contribution in [1.29, 1.82) is 0 Å². The fourth-order valence-electron chi connectivity index (χ4n) is 2.08. The number of rotatable bonds is 6. The van der Waals surface area contributed by atoms with Gasteiger partial charge >= 0.3 is 0 Å². The van der Waals surface area contributed by atoms with Crippen molar-refractivity contribution in [2.45, 2.75) is 38.6 Å². The molecule has 1 aromatic carbocycles. The summed E-state index contributed by atoms with van der Waals surface area (Å²) < 4.78 is 13.3. The molecule has 0 aliphatic heterocycles. The van der Waals surface area contributed by atoms with Crippen LogP contribution in [0.2, 0.25) is 0 Å². The van der Waals surface area contributed by atoms with Gasteiger partial charge < -0.3 is 5.32 Å². The number of nitrogens with one attached hydrogen (secondary N) is 1. The van der Waals surface area contributed by atoms with Crippen LogP contribution in [0.5, 0.6) is 0 Å². The fourth-order valence-corrected chi connectivity index (χ4v) is 2.08. The third-order valence-electron chi connectivity index (χ3n) is 3.27. The van der Waals surface area contributed by atoms with Crippen molar-refractivity contribution in [2.75, 3.05) is 5.32 Å². The number of nitrogens with zero attached hydrogens (tertiary/aromatic N) is 1. The molecule has 1 saturated carbocycles. The van der Waals surface area contributed by atoms with Gasteiger partial charge in [-0.2, -0.15) is 0 Å². The molecule has 1 N–H and O–H groups in total. The molecule has 0 amide bonds. The molecule has 0 aromatic heterocycles. The van der Waals surface area contributed by atoms with Crippen LogP contribution < -0.4 is 5.32 Å². The SMILES string of the molecule is CCC(CC1CC1)Nc1cc(F)cc([N+](=O)[O-])c1. The molecule has 4 nitrogen and oxygen atoms in total. The van der Waals surface area contributed by atoms with Gasteiger partial charge in [0.1, 0.15) is 5.82 Å². The van der Waals surface area contributed by atoms with E-state index in [1.165, 1.54) is 25.0 Å². The molecule has 2 rings (SSSR count). The summed E-state index contributed by atoms with van der Waals surface area (Å²) in [5.74, 6) is 0.193. The van der Waals surface area contributed by atoms with E-state index in [1.54, 1.807) is 0 Å². The van der Waals surface area contributed by atoms with Gasteiger partial charge in [-0.25, -0.2) is 4.39 Å². The molecule has 0 radical (unpaired) electrons. The number of benzene rings is 1. The van der Waals surface area contributed by atoms with E-state index < -0.39 is 10.7 Å². The van der Waals surface area contributed by atoms with Gasteiger partial charge in [-0.15, -0.1) is 0 Å². The van der Waals surface area contributed by atoms with Crippen molar-refractivity contribution in [3.8, 4) is 0 Å². The predicted molar refractivity (Wildman–Crippen MR) is 68.1 cm³/mol. The number of non-ortho nitro benzene ring substituents is 1. The first-order valence-electron chi connectivity index (χ1n) is 6.30. The monoisotopic (exact) mass is 252 g/mol. The average Bonchev–Trinajstić information content (AvgIpc) is 3.11. The molecule has 0 saturated heterocycles. The Balaban J connectivity index is 2.08. The molecule has 0 spiro atoms. The van der Waals surface area contributed by atoms with Gasteiger partial charge in [0.25, 0.3) is 5.69 Å². The van der Waals surface area contributed by atoms with Gasteiger partial charge in [0.05, 0.1) is 11.0 Å². The maximum absolute atomic E-state index is 13.3. The smallest absolute Gasteiger partial charge is 0.274 e. The molecule has 1 unspecified atom stereocenters. The van der Waals surface area contributed by atoms with Crippen LogP contribution in [0.3, 0.4) is 0 Å². The fraction of sp³-hybridized carbons (Fsp3) is 0.538. The van der Waals surface area contributed by atoms with Crippen molar-refractivity contribution in [3.05, 3.63) is 34.1 Å². The van der Waals surface area contributed by atoms with Gasteiger partial charge in [-0.1, -0.05) is 19.8 Å².